The molecular formula is C33H36IrN3O2-. The van der Waals surface area contributed by atoms with E-state index in [4.69, 9.17) is 4.98 Å². The van der Waals surface area contributed by atoms with Gasteiger partial charge in [0.15, 0.2) is 5.78 Å². The van der Waals surface area contributed by atoms with E-state index < -0.39 is 0 Å². The maximum Gasteiger partial charge on any atom is 0.162 e. The Kier molecular flexibility index (Phi) is 11.0. The Morgan fingerprint density at radius 3 is 2.33 bits per heavy atom. The summed E-state index contributed by atoms with van der Waals surface area (Å²) in [5.41, 5.74) is 4.99. The molecule has 0 spiro atoms. The molecule has 1 N–H and O–H groups in total. The second-order valence-electron chi connectivity index (χ2n) is 9.54. The molecule has 2 aromatic carbocycles. The van der Waals surface area contributed by atoms with Crippen LogP contribution < -0.4 is 0 Å². The molecule has 0 amide bonds. The van der Waals surface area contributed by atoms with Gasteiger partial charge in [-0.2, -0.15) is 0 Å². The zero-order valence-corrected chi connectivity index (χ0v) is 25.4. The number of allylic oxidation sites excluding steroid dienone is 2. The summed E-state index contributed by atoms with van der Waals surface area (Å²) in [6, 6.07) is 23.5. The van der Waals surface area contributed by atoms with Gasteiger partial charge in [-0.05, 0) is 49.6 Å². The van der Waals surface area contributed by atoms with E-state index in [0.717, 1.165) is 64.4 Å². The van der Waals surface area contributed by atoms with Crippen LogP contribution in [0.15, 0.2) is 84.9 Å². The van der Waals surface area contributed by atoms with Crippen molar-refractivity contribution < 1.29 is 30.0 Å². The quantitative estimate of drug-likeness (QED) is 0.101. The van der Waals surface area contributed by atoms with E-state index in [1.807, 2.05) is 76.4 Å². The number of pyridine rings is 2. The smallest absolute Gasteiger partial charge is 0.162 e. The van der Waals surface area contributed by atoms with Gasteiger partial charge in [0, 0.05) is 61.2 Å². The van der Waals surface area contributed by atoms with Gasteiger partial charge in [-0.15, -0.1) is 35.9 Å². The molecule has 3 aromatic heterocycles. The third kappa shape index (κ3) is 6.81. The number of aliphatic hydroxyl groups excluding tert-OH is 1. The summed E-state index contributed by atoms with van der Waals surface area (Å²) in [5.74, 6) is 0.547. The van der Waals surface area contributed by atoms with E-state index in [9.17, 15) is 9.90 Å². The predicted molar refractivity (Wildman–Crippen MR) is 156 cm³/mol. The van der Waals surface area contributed by atoms with Crippen LogP contribution >= 0.6 is 0 Å². The number of nitrogens with zero attached hydrogens (tertiary/aromatic N) is 3. The minimum absolute atomic E-state index is 0. The van der Waals surface area contributed by atoms with E-state index in [-0.39, 0.29) is 43.5 Å². The molecule has 1 radical (unpaired) electrons. The fraction of sp³-hybridized carbons (Fsp3) is 0.303. The average molecular weight is 699 g/mol. The molecule has 0 bridgehead atoms. The van der Waals surface area contributed by atoms with Crippen molar-refractivity contribution in [2.24, 2.45) is 11.8 Å². The normalized spacial score (nSPS) is 11.6. The second kappa shape index (κ2) is 14.2. The van der Waals surface area contributed by atoms with Gasteiger partial charge in [-0.3, -0.25) is 9.20 Å². The van der Waals surface area contributed by atoms with Gasteiger partial charge in [0.1, 0.15) is 5.65 Å². The van der Waals surface area contributed by atoms with Gasteiger partial charge in [0.05, 0.1) is 16.8 Å². The molecule has 0 aliphatic heterocycles. The van der Waals surface area contributed by atoms with Gasteiger partial charge in [0.25, 0.3) is 0 Å². The number of aliphatic hydroxyl groups is 1. The first-order valence-corrected chi connectivity index (χ1v) is 13.6. The largest absolute Gasteiger partial charge is 0.512 e. The molecule has 0 saturated carbocycles. The number of imidazole rings is 1. The van der Waals surface area contributed by atoms with Crippen molar-refractivity contribution in [2.75, 3.05) is 0 Å². The Morgan fingerprint density at radius 1 is 0.974 bits per heavy atom. The van der Waals surface area contributed by atoms with E-state index >= 15 is 0 Å². The molecule has 205 valence electrons. The van der Waals surface area contributed by atoms with E-state index in [0.29, 0.717) is 0 Å². The molecule has 5 aromatic rings. The number of aromatic nitrogens is 3. The third-order valence-electron chi connectivity index (χ3n) is 7.24. The van der Waals surface area contributed by atoms with Crippen molar-refractivity contribution in [2.45, 2.75) is 53.4 Å². The fourth-order valence-electron chi connectivity index (χ4n) is 4.81. The maximum absolute atomic E-state index is 11.7. The maximum atomic E-state index is 11.7. The van der Waals surface area contributed by atoms with Gasteiger partial charge < -0.3 is 10.1 Å². The Balaban J connectivity index is 0.000000233. The van der Waals surface area contributed by atoms with Crippen molar-refractivity contribution in [1.29, 1.82) is 0 Å². The minimum Gasteiger partial charge on any atom is -0.512 e. The topological polar surface area (TPSA) is 67.5 Å². The standard InChI is InChI=1S/C20H12N3.C13H24O2.Ir/c1-2-6-14(7-3-1)18-12-16-15(13-21-18)10-11-23-19-9-5-4-8-17(19)22-20(16)23;1-5-10(6-2)12(14)9-13(15)11(7-3)8-4;/h1-6,8-13H;9-11,14H,5-8H2,1-4H3;/q-1;;/b;12-9-;. The SMILES string of the molecule is CCC(CC)C(=O)/C=C(\O)C(CC)CC.[Ir].[c-]1ccccc1-c1cc2c(ccn3c4ccccc4nc23)cn1. The Bertz CT molecular complexity index is 1550. The van der Waals surface area contributed by atoms with Gasteiger partial charge >= 0.3 is 0 Å². The number of ketones is 1. The molecule has 5 rings (SSSR count). The Morgan fingerprint density at radius 2 is 1.67 bits per heavy atom. The predicted octanol–water partition coefficient (Wildman–Crippen LogP) is 8.37. The number of hydrogen-bond donors (Lipinski definition) is 1. The molecule has 5 nitrogen and oxygen atoms in total. The molecule has 0 atom stereocenters. The monoisotopic (exact) mass is 699 g/mol. The van der Waals surface area contributed by atoms with Crippen LogP contribution in [0.3, 0.4) is 0 Å². The van der Waals surface area contributed by atoms with E-state index in [1.165, 1.54) is 6.08 Å². The molecule has 0 aliphatic rings. The van der Waals surface area contributed by atoms with E-state index in [1.54, 1.807) is 0 Å². The van der Waals surface area contributed by atoms with Crippen molar-refractivity contribution in [3.05, 3.63) is 91.0 Å². The molecule has 39 heavy (non-hydrogen) atoms. The molecule has 0 fully saturated rings. The third-order valence-corrected chi connectivity index (χ3v) is 7.24. The van der Waals surface area contributed by atoms with Gasteiger partial charge in [0.2, 0.25) is 0 Å². The van der Waals surface area contributed by atoms with Crippen molar-refractivity contribution >= 4 is 33.2 Å². The van der Waals surface area contributed by atoms with Crippen molar-refractivity contribution in [3.8, 4) is 11.3 Å². The first kappa shape index (κ1) is 30.2. The first-order chi connectivity index (χ1) is 18.5. The van der Waals surface area contributed by atoms with Crippen LogP contribution in [0.2, 0.25) is 0 Å². The number of fused-ring (bicyclic) bond motifs is 5. The number of rotatable bonds is 8. The zero-order valence-electron chi connectivity index (χ0n) is 23.0. The summed E-state index contributed by atoms with van der Waals surface area (Å²) in [6.45, 7) is 8.07. The number of benzene rings is 2. The van der Waals surface area contributed by atoms with Crippen molar-refractivity contribution in [3.63, 3.8) is 0 Å². The van der Waals surface area contributed by atoms with Crippen LogP contribution in [-0.4, -0.2) is 25.3 Å². The number of para-hydroxylation sites is 2. The molecule has 6 heteroatoms. The van der Waals surface area contributed by atoms with Crippen LogP contribution in [0.5, 0.6) is 0 Å². The number of carbonyl (C=O) groups is 1. The number of carbonyl (C=O) groups excluding carboxylic acids is 1. The van der Waals surface area contributed by atoms with Gasteiger partial charge in [-0.1, -0.05) is 45.9 Å². The van der Waals surface area contributed by atoms with Crippen molar-refractivity contribution in [1.82, 2.24) is 14.4 Å². The fourth-order valence-corrected chi connectivity index (χ4v) is 4.81. The minimum atomic E-state index is 0. The molecule has 3 heterocycles. The Labute approximate surface area is 244 Å². The summed E-state index contributed by atoms with van der Waals surface area (Å²) in [4.78, 5) is 21.1. The van der Waals surface area contributed by atoms with Crippen LogP contribution in [0.4, 0.5) is 0 Å². The molecule has 0 unspecified atom stereocenters. The Hall–Kier alpha value is -3.34. The van der Waals surface area contributed by atoms with Crippen LogP contribution in [0, 0.1) is 17.9 Å². The first-order valence-electron chi connectivity index (χ1n) is 13.6. The molecule has 0 aliphatic carbocycles. The summed E-state index contributed by atoms with van der Waals surface area (Å²) in [7, 11) is 0. The van der Waals surface area contributed by atoms with Crippen LogP contribution in [-0.2, 0) is 24.9 Å². The summed E-state index contributed by atoms with van der Waals surface area (Å²) in [6.07, 6.45) is 8.87. The average Bonchev–Trinajstić information content (AvgIpc) is 3.34. The summed E-state index contributed by atoms with van der Waals surface area (Å²) in [5, 5.41) is 12.0. The van der Waals surface area contributed by atoms with Gasteiger partial charge in [-0.25, -0.2) is 4.98 Å². The summed E-state index contributed by atoms with van der Waals surface area (Å²) < 4.78 is 2.14. The van der Waals surface area contributed by atoms with Crippen LogP contribution in [0.25, 0.3) is 38.7 Å². The molecular weight excluding hydrogens is 663 g/mol. The zero-order chi connectivity index (χ0) is 27.1. The second-order valence-corrected chi connectivity index (χ2v) is 9.54. The van der Waals surface area contributed by atoms with Crippen LogP contribution in [0.1, 0.15) is 53.4 Å². The molecule has 0 saturated heterocycles. The number of hydrogen-bond acceptors (Lipinski definition) is 4. The summed E-state index contributed by atoms with van der Waals surface area (Å²) >= 11 is 0. The van der Waals surface area contributed by atoms with E-state index in [2.05, 4.69) is 39.8 Å².